The third kappa shape index (κ3) is 4.20. The number of pyridine rings is 1. The van der Waals surface area contributed by atoms with Gasteiger partial charge in [0.25, 0.3) is 5.91 Å². The van der Waals surface area contributed by atoms with Crippen LogP contribution in [-0.4, -0.2) is 37.1 Å². The van der Waals surface area contributed by atoms with Crippen LogP contribution in [0.1, 0.15) is 40.5 Å². The molecule has 0 unspecified atom stereocenters. The van der Waals surface area contributed by atoms with E-state index in [9.17, 15) is 9.59 Å². The summed E-state index contributed by atoms with van der Waals surface area (Å²) in [4.78, 5) is 30.7. The minimum atomic E-state index is -0.441. The van der Waals surface area contributed by atoms with Crippen LogP contribution in [-0.2, 0) is 4.74 Å². The summed E-state index contributed by atoms with van der Waals surface area (Å²) < 4.78 is 4.70. The molecule has 6 nitrogen and oxygen atoms in total. The van der Waals surface area contributed by atoms with Crippen molar-refractivity contribution in [3.05, 3.63) is 53.9 Å². The molecule has 0 radical (unpaired) electrons. The van der Waals surface area contributed by atoms with Gasteiger partial charge >= 0.3 is 5.97 Å². The van der Waals surface area contributed by atoms with E-state index in [1.165, 1.54) is 7.11 Å². The smallest absolute Gasteiger partial charge is 0.337 e. The fourth-order valence-electron chi connectivity index (χ4n) is 3.04. The van der Waals surface area contributed by atoms with Crippen molar-refractivity contribution in [1.29, 1.82) is 0 Å². The number of nitrogens with one attached hydrogen (secondary N) is 1. The monoisotopic (exact) mass is 353 g/mol. The van der Waals surface area contributed by atoms with Crippen molar-refractivity contribution in [2.24, 2.45) is 5.92 Å². The Hall–Kier alpha value is -2.89. The van der Waals surface area contributed by atoms with Gasteiger partial charge in [0.15, 0.2) is 0 Å². The molecule has 2 aromatic rings. The molecule has 0 aliphatic carbocycles. The van der Waals surface area contributed by atoms with Crippen LogP contribution in [0.5, 0.6) is 0 Å². The van der Waals surface area contributed by atoms with Crippen LogP contribution in [0.2, 0.25) is 0 Å². The lowest BCUT2D eigenvalue weighted by molar-refractivity contribution is 0.0600. The van der Waals surface area contributed by atoms with E-state index < -0.39 is 5.97 Å². The van der Waals surface area contributed by atoms with Crippen LogP contribution < -0.4 is 10.2 Å². The number of benzene rings is 1. The van der Waals surface area contributed by atoms with Crippen molar-refractivity contribution in [3.63, 3.8) is 0 Å². The summed E-state index contributed by atoms with van der Waals surface area (Å²) >= 11 is 0. The van der Waals surface area contributed by atoms with Gasteiger partial charge in [-0.1, -0.05) is 13.0 Å². The molecule has 1 aromatic carbocycles. The molecule has 6 heteroatoms. The summed E-state index contributed by atoms with van der Waals surface area (Å²) in [5.74, 6) is 0.0450. The number of hydrogen-bond acceptors (Lipinski definition) is 5. The van der Waals surface area contributed by atoms with E-state index in [1.54, 1.807) is 36.7 Å². The van der Waals surface area contributed by atoms with Gasteiger partial charge in [-0.05, 0) is 43.0 Å². The Labute approximate surface area is 153 Å². The van der Waals surface area contributed by atoms with Crippen molar-refractivity contribution in [2.45, 2.75) is 19.8 Å². The maximum absolute atomic E-state index is 12.6. The predicted octanol–water partition coefficient (Wildman–Crippen LogP) is 3.36. The van der Waals surface area contributed by atoms with Crippen LogP contribution in [0, 0.1) is 5.92 Å². The van der Waals surface area contributed by atoms with E-state index in [4.69, 9.17) is 4.74 Å². The second kappa shape index (κ2) is 7.99. The summed E-state index contributed by atoms with van der Waals surface area (Å²) in [5.41, 5.74) is 2.38. The van der Waals surface area contributed by atoms with Gasteiger partial charge in [-0.25, -0.2) is 4.79 Å². The molecular weight excluding hydrogens is 330 g/mol. The first-order valence-corrected chi connectivity index (χ1v) is 8.76. The van der Waals surface area contributed by atoms with E-state index >= 15 is 0 Å². The molecule has 0 saturated carbocycles. The van der Waals surface area contributed by atoms with Crippen LogP contribution in [0.25, 0.3) is 0 Å². The Balaban J connectivity index is 1.72. The third-order valence-electron chi connectivity index (χ3n) is 4.68. The number of methoxy groups -OCH3 is 1. The highest BCUT2D eigenvalue weighted by atomic mass is 16.5. The molecule has 26 heavy (non-hydrogen) atoms. The van der Waals surface area contributed by atoms with E-state index in [2.05, 4.69) is 22.1 Å². The fraction of sp³-hybridized carbons (Fsp3) is 0.350. The number of aromatic nitrogens is 1. The van der Waals surface area contributed by atoms with Gasteiger partial charge in [0.2, 0.25) is 0 Å². The zero-order chi connectivity index (χ0) is 18.5. The second-order valence-electron chi connectivity index (χ2n) is 6.63. The topological polar surface area (TPSA) is 71.5 Å². The molecule has 0 atom stereocenters. The van der Waals surface area contributed by atoms with Gasteiger partial charge in [0.1, 0.15) is 0 Å². The molecule has 2 heterocycles. The van der Waals surface area contributed by atoms with E-state index in [0.717, 1.165) is 37.5 Å². The maximum atomic E-state index is 12.6. The first-order valence-electron chi connectivity index (χ1n) is 8.76. The van der Waals surface area contributed by atoms with Gasteiger partial charge in [-0.2, -0.15) is 0 Å². The zero-order valence-electron chi connectivity index (χ0n) is 15.1. The zero-order valence-corrected chi connectivity index (χ0v) is 15.1. The highest BCUT2D eigenvalue weighted by molar-refractivity contribution is 6.05. The van der Waals surface area contributed by atoms with E-state index in [-0.39, 0.29) is 5.91 Å². The molecule has 0 spiro atoms. The highest BCUT2D eigenvalue weighted by Gasteiger charge is 2.17. The fourth-order valence-corrected chi connectivity index (χ4v) is 3.04. The number of esters is 1. The third-order valence-corrected chi connectivity index (χ3v) is 4.68. The highest BCUT2D eigenvalue weighted by Crippen LogP contribution is 2.23. The molecular formula is C20H23N3O3. The number of piperidine rings is 1. The summed E-state index contributed by atoms with van der Waals surface area (Å²) in [6.07, 6.45) is 5.65. The van der Waals surface area contributed by atoms with Gasteiger partial charge < -0.3 is 15.0 Å². The van der Waals surface area contributed by atoms with Gasteiger partial charge in [-0.3, -0.25) is 9.78 Å². The molecule has 1 aliphatic heterocycles. The van der Waals surface area contributed by atoms with Crippen molar-refractivity contribution in [3.8, 4) is 0 Å². The lowest BCUT2D eigenvalue weighted by atomic mass is 9.99. The normalized spacial score (nSPS) is 14.8. The second-order valence-corrected chi connectivity index (χ2v) is 6.63. The number of anilines is 2. The minimum Gasteiger partial charge on any atom is -0.465 e. The van der Waals surface area contributed by atoms with Crippen molar-refractivity contribution < 1.29 is 14.3 Å². The molecule has 1 fully saturated rings. The van der Waals surface area contributed by atoms with Gasteiger partial charge in [0, 0.05) is 25.0 Å². The lowest BCUT2D eigenvalue weighted by Gasteiger charge is -2.32. The number of carbonyl (C=O) groups excluding carboxylic acids is 2. The Bertz CT molecular complexity index is 798. The Morgan fingerprint density at radius 1 is 1.15 bits per heavy atom. The average molecular weight is 353 g/mol. The van der Waals surface area contributed by atoms with Gasteiger partial charge in [0.05, 0.1) is 30.1 Å². The quantitative estimate of drug-likeness (QED) is 0.854. The Morgan fingerprint density at radius 2 is 1.92 bits per heavy atom. The lowest BCUT2D eigenvalue weighted by Crippen LogP contribution is -2.33. The van der Waals surface area contributed by atoms with E-state index in [1.807, 2.05) is 6.07 Å². The number of nitrogens with zero attached hydrogens (tertiary/aromatic N) is 2. The molecule has 1 saturated heterocycles. The van der Waals surface area contributed by atoms with Gasteiger partial charge in [-0.15, -0.1) is 0 Å². The Kier molecular flexibility index (Phi) is 5.51. The first kappa shape index (κ1) is 17.9. The van der Waals surface area contributed by atoms with Crippen LogP contribution in [0.3, 0.4) is 0 Å². The molecule has 1 aliphatic rings. The molecule has 1 aromatic heterocycles. The average Bonchev–Trinajstić information content (AvgIpc) is 2.68. The van der Waals surface area contributed by atoms with Crippen molar-refractivity contribution in [1.82, 2.24) is 4.98 Å². The molecule has 1 N–H and O–H groups in total. The Morgan fingerprint density at radius 3 is 2.65 bits per heavy atom. The molecule has 136 valence electrons. The number of amides is 1. The SMILES string of the molecule is COC(=O)c1cccc(NC(=O)c2cncc(N3CCC(C)CC3)c2)c1. The van der Waals surface area contributed by atoms with Crippen LogP contribution >= 0.6 is 0 Å². The number of hydrogen-bond donors (Lipinski definition) is 1. The molecule has 1 amide bonds. The summed E-state index contributed by atoms with van der Waals surface area (Å²) in [6.45, 7) is 4.23. The van der Waals surface area contributed by atoms with Crippen molar-refractivity contribution >= 4 is 23.3 Å². The maximum Gasteiger partial charge on any atom is 0.337 e. The number of ether oxygens (including phenoxy) is 1. The minimum absolute atomic E-state index is 0.258. The summed E-state index contributed by atoms with van der Waals surface area (Å²) in [6, 6.07) is 8.52. The van der Waals surface area contributed by atoms with Crippen LogP contribution in [0.4, 0.5) is 11.4 Å². The molecule has 0 bridgehead atoms. The largest absolute Gasteiger partial charge is 0.465 e. The summed E-state index contributed by atoms with van der Waals surface area (Å²) in [7, 11) is 1.33. The standard InChI is InChI=1S/C20H23N3O3/c1-14-6-8-23(9-7-14)18-11-16(12-21-13-18)19(24)22-17-5-3-4-15(10-17)20(25)26-2/h3-5,10-14H,6-9H2,1-2H3,(H,22,24). The number of carbonyl (C=O) groups is 2. The predicted molar refractivity (Wildman–Crippen MR) is 101 cm³/mol. The summed E-state index contributed by atoms with van der Waals surface area (Å²) in [5, 5.41) is 2.81. The van der Waals surface area contributed by atoms with Crippen LogP contribution in [0.15, 0.2) is 42.7 Å². The number of rotatable bonds is 4. The van der Waals surface area contributed by atoms with E-state index in [0.29, 0.717) is 16.8 Å². The molecule has 3 rings (SSSR count). The van der Waals surface area contributed by atoms with Crippen molar-refractivity contribution in [2.75, 3.05) is 30.4 Å². The first-order chi connectivity index (χ1) is 12.6.